The van der Waals surface area contributed by atoms with Gasteiger partial charge >= 0.3 is 0 Å². The van der Waals surface area contributed by atoms with Gasteiger partial charge in [0.05, 0.1) is 38.9 Å². The Labute approximate surface area is 176 Å². The monoisotopic (exact) mass is 474 g/mol. The van der Waals surface area contributed by atoms with Crippen LogP contribution in [0.4, 0.5) is 0 Å². The Bertz CT molecular complexity index is 1090. The third-order valence-corrected chi connectivity index (χ3v) is 5.04. The zero-order valence-corrected chi connectivity index (χ0v) is 18.0. The number of nitrogens with zero attached hydrogens (tertiary/aromatic N) is 2. The van der Waals surface area contributed by atoms with Crippen LogP contribution < -0.4 is 29.5 Å². The molecule has 0 spiro atoms. The van der Waals surface area contributed by atoms with E-state index in [1.165, 1.54) is 0 Å². The van der Waals surface area contributed by atoms with E-state index in [2.05, 4.69) is 21.1 Å². The number of hydrogen-bond acceptors (Lipinski definition) is 2. The lowest BCUT2D eigenvalue weighted by molar-refractivity contribution is -0.870. The van der Waals surface area contributed by atoms with Gasteiger partial charge < -0.3 is 33.0 Å². The second-order valence-corrected chi connectivity index (χ2v) is 7.97. The van der Waals surface area contributed by atoms with Crippen molar-refractivity contribution in [2.24, 2.45) is 0 Å². The highest BCUT2D eigenvalue weighted by molar-refractivity contribution is 6.26. The molecule has 0 aliphatic heterocycles. The van der Waals surface area contributed by atoms with Crippen LogP contribution in [-0.2, 0) is 6.54 Å². The van der Waals surface area contributed by atoms with Gasteiger partial charge in [-0.25, -0.2) is 0 Å². The number of fused-ring (bicyclic) bond motifs is 5. The van der Waals surface area contributed by atoms with Gasteiger partial charge in [-0.1, -0.05) is 42.5 Å². The number of rotatable bonds is 4. The first-order chi connectivity index (χ1) is 12.4. The van der Waals surface area contributed by atoms with E-state index >= 15 is 0 Å². The maximum Gasteiger partial charge on any atom is 0.258 e. The van der Waals surface area contributed by atoms with Crippen LogP contribution in [0.2, 0.25) is 0 Å². The minimum absolute atomic E-state index is 0. The molecule has 27 heavy (non-hydrogen) atoms. The first kappa shape index (κ1) is 19.8. The van der Waals surface area contributed by atoms with Crippen LogP contribution in [0, 0.1) is 0 Å². The molecule has 0 fully saturated rings. The lowest BCUT2D eigenvalue weighted by Crippen LogP contribution is -3.00. The molecule has 1 aliphatic carbocycles. The summed E-state index contributed by atoms with van der Waals surface area (Å²) in [6.07, 6.45) is 0.880. The highest BCUT2D eigenvalue weighted by atomic mass is 127. The lowest BCUT2D eigenvalue weighted by Gasteiger charge is -2.24. The predicted molar refractivity (Wildman–Crippen MR) is 105 cm³/mol. The normalized spacial score (nSPS) is 12.6. The quantitative estimate of drug-likeness (QED) is 0.316. The number of ketones is 1. The maximum absolute atomic E-state index is 13.2. The van der Waals surface area contributed by atoms with E-state index in [0.29, 0.717) is 23.1 Å². The number of aromatic nitrogens is 1. The van der Waals surface area contributed by atoms with Gasteiger partial charge in [-0.2, -0.15) is 0 Å². The topological polar surface area (TPSA) is 39.1 Å². The van der Waals surface area contributed by atoms with Crippen LogP contribution >= 0.6 is 0 Å². The number of pyridine rings is 1. The fourth-order valence-electron chi connectivity index (χ4n) is 3.85. The largest absolute Gasteiger partial charge is 1.00 e. The standard InChI is InChI=1S/C22H23N2O2.HI/c1-24(2,3)14-8-13-23-20-16-10-5-6-11-17(16)21(25)19(20)15-9-4-7-12-18(15)22(23)26;/h4-7,9-12H,8,13-14H2,1-3H3;1H/q+1;/p-1. The Balaban J connectivity index is 0.00000210. The molecule has 1 aliphatic rings. The van der Waals surface area contributed by atoms with Gasteiger partial charge in [-0.15, -0.1) is 0 Å². The Morgan fingerprint density at radius 2 is 1.44 bits per heavy atom. The SMILES string of the molecule is C[N+](C)(C)CCCn1c2c(c3ccccc3c1=O)C(=O)c1ccccc1-2.[I-]. The molecule has 2 aromatic carbocycles. The van der Waals surface area contributed by atoms with E-state index in [-0.39, 0.29) is 35.3 Å². The van der Waals surface area contributed by atoms with Gasteiger partial charge in [0.1, 0.15) is 0 Å². The highest BCUT2D eigenvalue weighted by Gasteiger charge is 2.32. The highest BCUT2D eigenvalue weighted by Crippen LogP contribution is 2.39. The van der Waals surface area contributed by atoms with E-state index in [1.54, 1.807) is 0 Å². The van der Waals surface area contributed by atoms with Gasteiger partial charge in [-0.3, -0.25) is 9.59 Å². The van der Waals surface area contributed by atoms with Crippen molar-refractivity contribution in [2.75, 3.05) is 27.7 Å². The smallest absolute Gasteiger partial charge is 0.258 e. The average Bonchev–Trinajstić information content (AvgIpc) is 2.90. The number of quaternary nitrogens is 1. The minimum atomic E-state index is -0.00902. The number of carbonyl (C=O) groups excluding carboxylic acids is 1. The van der Waals surface area contributed by atoms with Gasteiger partial charge in [0, 0.05) is 34.9 Å². The van der Waals surface area contributed by atoms with E-state index in [4.69, 9.17) is 0 Å². The van der Waals surface area contributed by atoms with Crippen LogP contribution in [0.15, 0.2) is 53.3 Å². The third-order valence-electron chi connectivity index (χ3n) is 5.04. The molecular formula is C22H23IN2O2. The summed E-state index contributed by atoms with van der Waals surface area (Å²) in [5.41, 5.74) is 3.02. The molecule has 0 amide bonds. The molecule has 0 saturated carbocycles. The Hall–Kier alpha value is -1.99. The lowest BCUT2D eigenvalue weighted by atomic mass is 10.0. The molecule has 1 aromatic heterocycles. The summed E-state index contributed by atoms with van der Waals surface area (Å²) >= 11 is 0. The zero-order chi connectivity index (χ0) is 18.5. The van der Waals surface area contributed by atoms with Crippen molar-refractivity contribution in [1.29, 1.82) is 0 Å². The number of benzene rings is 2. The first-order valence-electron chi connectivity index (χ1n) is 8.98. The second kappa shape index (κ2) is 7.20. The molecule has 1 heterocycles. The number of halogens is 1. The zero-order valence-electron chi connectivity index (χ0n) is 15.8. The summed E-state index contributed by atoms with van der Waals surface area (Å²) in [7, 11) is 6.44. The van der Waals surface area contributed by atoms with Gasteiger partial charge in [0.25, 0.3) is 5.56 Å². The van der Waals surface area contributed by atoms with Crippen LogP contribution in [0.25, 0.3) is 22.0 Å². The Morgan fingerprint density at radius 3 is 2.11 bits per heavy atom. The van der Waals surface area contributed by atoms with Gasteiger partial charge in [0.2, 0.25) is 0 Å². The molecule has 3 aromatic rings. The molecule has 4 rings (SSSR count). The summed E-state index contributed by atoms with van der Waals surface area (Å²) in [5.74, 6) is 0.0205. The summed E-state index contributed by atoms with van der Waals surface area (Å²) in [6.45, 7) is 1.58. The molecule has 0 radical (unpaired) electrons. The fraction of sp³-hybridized carbons (Fsp3) is 0.273. The molecule has 0 unspecified atom stereocenters. The van der Waals surface area contributed by atoms with Crippen molar-refractivity contribution < 1.29 is 33.3 Å². The average molecular weight is 474 g/mol. The molecule has 0 saturated heterocycles. The van der Waals surface area contributed by atoms with Crippen LogP contribution in [0.1, 0.15) is 22.3 Å². The molecule has 0 bridgehead atoms. The number of carbonyl (C=O) groups is 1. The first-order valence-corrected chi connectivity index (χ1v) is 8.98. The Morgan fingerprint density at radius 1 is 0.852 bits per heavy atom. The molecule has 4 nitrogen and oxygen atoms in total. The van der Waals surface area contributed by atoms with Crippen molar-refractivity contribution in [1.82, 2.24) is 4.57 Å². The molecule has 140 valence electrons. The molecule has 5 heteroatoms. The predicted octanol–water partition coefficient (Wildman–Crippen LogP) is 0.313. The van der Waals surface area contributed by atoms with Crippen LogP contribution in [0.5, 0.6) is 0 Å². The van der Waals surface area contributed by atoms with Gasteiger partial charge in [0.15, 0.2) is 5.78 Å². The third kappa shape index (κ3) is 3.34. The van der Waals surface area contributed by atoms with Crippen molar-refractivity contribution in [2.45, 2.75) is 13.0 Å². The van der Waals surface area contributed by atoms with Crippen LogP contribution in [0.3, 0.4) is 0 Å². The van der Waals surface area contributed by atoms with Crippen molar-refractivity contribution in [3.63, 3.8) is 0 Å². The molecular weight excluding hydrogens is 451 g/mol. The summed E-state index contributed by atoms with van der Waals surface area (Å²) in [4.78, 5) is 26.3. The minimum Gasteiger partial charge on any atom is -1.00 e. The van der Waals surface area contributed by atoms with Gasteiger partial charge in [-0.05, 0) is 6.07 Å². The summed E-state index contributed by atoms with van der Waals surface area (Å²) in [6, 6.07) is 15.1. The van der Waals surface area contributed by atoms with Crippen LogP contribution in [-0.4, -0.2) is 42.5 Å². The van der Waals surface area contributed by atoms with Crippen molar-refractivity contribution in [3.8, 4) is 11.3 Å². The van der Waals surface area contributed by atoms with E-state index in [0.717, 1.165) is 34.1 Å². The fourth-order valence-corrected chi connectivity index (χ4v) is 3.85. The van der Waals surface area contributed by atoms with E-state index in [1.807, 2.05) is 53.1 Å². The maximum atomic E-state index is 13.2. The van der Waals surface area contributed by atoms with Crippen molar-refractivity contribution >= 4 is 16.6 Å². The summed E-state index contributed by atoms with van der Waals surface area (Å²) in [5, 5.41) is 1.38. The summed E-state index contributed by atoms with van der Waals surface area (Å²) < 4.78 is 2.66. The van der Waals surface area contributed by atoms with E-state index in [9.17, 15) is 9.59 Å². The Kier molecular flexibility index (Phi) is 5.27. The van der Waals surface area contributed by atoms with Crippen molar-refractivity contribution in [3.05, 3.63) is 70.0 Å². The molecule has 0 atom stereocenters. The molecule has 0 N–H and O–H groups in total. The number of hydrogen-bond donors (Lipinski definition) is 0. The van der Waals surface area contributed by atoms with E-state index < -0.39 is 0 Å². The second-order valence-electron chi connectivity index (χ2n) is 7.97.